The van der Waals surface area contributed by atoms with E-state index >= 15 is 0 Å². The largest absolute Gasteiger partial charge is 0.356 e. The van der Waals surface area contributed by atoms with Crippen molar-refractivity contribution < 1.29 is 4.79 Å². The van der Waals surface area contributed by atoms with E-state index in [4.69, 9.17) is 0 Å². The van der Waals surface area contributed by atoms with Gasteiger partial charge in [0.25, 0.3) is 0 Å². The topological polar surface area (TPSA) is 59.8 Å². The predicted octanol–water partition coefficient (Wildman–Crippen LogP) is 1.95. The highest BCUT2D eigenvalue weighted by Gasteiger charge is 2.13. The van der Waals surface area contributed by atoms with Gasteiger partial charge in [-0.3, -0.25) is 4.79 Å². The Labute approximate surface area is 119 Å². The summed E-state index contributed by atoms with van der Waals surface area (Å²) in [6.45, 7) is 6.52. The number of pyridine rings is 1. The Morgan fingerprint density at radius 3 is 2.80 bits per heavy atom. The van der Waals surface area contributed by atoms with Crippen LogP contribution < -0.4 is 5.32 Å². The van der Waals surface area contributed by atoms with Crippen LogP contribution in [0, 0.1) is 13.8 Å². The molecule has 1 amide bonds. The summed E-state index contributed by atoms with van der Waals surface area (Å²) in [6, 6.07) is 5.76. The van der Waals surface area contributed by atoms with E-state index in [2.05, 4.69) is 15.4 Å². The lowest BCUT2D eigenvalue weighted by Gasteiger charge is -2.05. The highest BCUT2D eigenvalue weighted by Crippen LogP contribution is 2.16. The maximum Gasteiger partial charge on any atom is 0.219 e. The second kappa shape index (κ2) is 6.32. The normalized spacial score (nSPS) is 10.6. The molecule has 0 radical (unpaired) electrons. The summed E-state index contributed by atoms with van der Waals surface area (Å²) < 4.78 is 1.85. The molecule has 0 atom stereocenters. The molecule has 0 fully saturated rings. The Morgan fingerprint density at radius 1 is 1.35 bits per heavy atom. The van der Waals surface area contributed by atoms with Crippen LogP contribution >= 0.6 is 0 Å². The van der Waals surface area contributed by atoms with Crippen LogP contribution in [0.4, 0.5) is 0 Å². The molecule has 5 heteroatoms. The number of carbonyl (C=O) groups excluding carboxylic acids is 1. The minimum atomic E-state index is 0.0809. The van der Waals surface area contributed by atoms with Crippen LogP contribution in [0.5, 0.6) is 0 Å². The van der Waals surface area contributed by atoms with Crippen molar-refractivity contribution in [2.75, 3.05) is 6.54 Å². The zero-order valence-electron chi connectivity index (χ0n) is 12.2. The van der Waals surface area contributed by atoms with Crippen molar-refractivity contribution in [3.05, 3.63) is 41.3 Å². The first-order chi connectivity index (χ1) is 9.63. The van der Waals surface area contributed by atoms with E-state index in [0.717, 1.165) is 23.6 Å². The first-order valence-corrected chi connectivity index (χ1v) is 6.86. The molecule has 0 saturated carbocycles. The number of hydrogen-bond donors (Lipinski definition) is 1. The number of amides is 1. The van der Waals surface area contributed by atoms with E-state index in [1.165, 1.54) is 5.56 Å². The van der Waals surface area contributed by atoms with Gasteiger partial charge in [-0.15, -0.1) is 0 Å². The van der Waals surface area contributed by atoms with Crippen molar-refractivity contribution in [3.63, 3.8) is 0 Å². The zero-order chi connectivity index (χ0) is 14.5. The van der Waals surface area contributed by atoms with Gasteiger partial charge in [0.2, 0.25) is 5.91 Å². The van der Waals surface area contributed by atoms with E-state index in [9.17, 15) is 4.79 Å². The first kappa shape index (κ1) is 14.2. The summed E-state index contributed by atoms with van der Waals surface area (Å²) in [4.78, 5) is 15.6. The molecule has 0 aliphatic heterocycles. The van der Waals surface area contributed by atoms with E-state index in [1.54, 1.807) is 6.20 Å². The number of nitrogens with one attached hydrogen (secondary N) is 1. The molecular weight excluding hydrogens is 252 g/mol. The van der Waals surface area contributed by atoms with Crippen LogP contribution in [0.1, 0.15) is 30.3 Å². The second-order valence-electron chi connectivity index (χ2n) is 4.70. The van der Waals surface area contributed by atoms with E-state index in [1.807, 2.05) is 43.7 Å². The summed E-state index contributed by atoms with van der Waals surface area (Å²) in [6.07, 6.45) is 3.06. The Kier molecular flexibility index (Phi) is 4.50. The molecule has 5 nitrogen and oxygen atoms in total. The zero-order valence-corrected chi connectivity index (χ0v) is 12.2. The fraction of sp³-hybridized carbons (Fsp3) is 0.400. The van der Waals surface area contributed by atoms with Crippen molar-refractivity contribution in [1.82, 2.24) is 20.1 Å². The lowest BCUT2D eigenvalue weighted by Crippen LogP contribution is -2.24. The molecule has 0 bridgehead atoms. The van der Waals surface area contributed by atoms with Gasteiger partial charge in [0, 0.05) is 24.9 Å². The van der Waals surface area contributed by atoms with Crippen molar-refractivity contribution >= 4 is 5.91 Å². The fourth-order valence-corrected chi connectivity index (χ4v) is 2.19. The van der Waals surface area contributed by atoms with Gasteiger partial charge in [0.05, 0.1) is 5.69 Å². The Hall–Kier alpha value is -2.17. The monoisotopic (exact) mass is 272 g/mol. The number of aryl methyl sites for hydroxylation is 1. The summed E-state index contributed by atoms with van der Waals surface area (Å²) in [5.41, 5.74) is 3.23. The average molecular weight is 272 g/mol. The van der Waals surface area contributed by atoms with Crippen LogP contribution in [0.2, 0.25) is 0 Å². The maximum atomic E-state index is 11.3. The lowest BCUT2D eigenvalue weighted by atomic mass is 10.1. The standard InChI is InChI=1S/C15H20N4O/c1-4-15(20)17-10-8-13-11(2)18-19(12(13)3)14-7-5-6-9-16-14/h5-7,9H,4,8,10H2,1-3H3,(H,17,20). The number of carbonyl (C=O) groups is 1. The third kappa shape index (κ3) is 3.04. The number of rotatable bonds is 5. The molecule has 2 heterocycles. The molecule has 2 aromatic rings. The van der Waals surface area contributed by atoms with Crippen molar-refractivity contribution in [2.24, 2.45) is 0 Å². The van der Waals surface area contributed by atoms with E-state index < -0.39 is 0 Å². The summed E-state index contributed by atoms with van der Waals surface area (Å²) in [7, 11) is 0. The van der Waals surface area contributed by atoms with Crippen LogP contribution in [-0.2, 0) is 11.2 Å². The Morgan fingerprint density at radius 2 is 2.15 bits per heavy atom. The molecule has 0 unspecified atom stereocenters. The van der Waals surface area contributed by atoms with Crippen LogP contribution in [0.25, 0.3) is 5.82 Å². The van der Waals surface area contributed by atoms with Gasteiger partial charge in [0.1, 0.15) is 0 Å². The van der Waals surface area contributed by atoms with Crippen LogP contribution in [0.3, 0.4) is 0 Å². The highest BCUT2D eigenvalue weighted by atomic mass is 16.1. The minimum Gasteiger partial charge on any atom is -0.356 e. The fourth-order valence-electron chi connectivity index (χ4n) is 2.19. The number of hydrogen-bond acceptors (Lipinski definition) is 3. The summed E-state index contributed by atoms with van der Waals surface area (Å²) >= 11 is 0. The highest BCUT2D eigenvalue weighted by molar-refractivity contribution is 5.75. The molecule has 20 heavy (non-hydrogen) atoms. The van der Waals surface area contributed by atoms with Gasteiger partial charge in [-0.1, -0.05) is 13.0 Å². The lowest BCUT2D eigenvalue weighted by molar-refractivity contribution is -0.120. The molecule has 0 aliphatic rings. The average Bonchev–Trinajstić information content (AvgIpc) is 2.75. The smallest absolute Gasteiger partial charge is 0.219 e. The quantitative estimate of drug-likeness (QED) is 0.905. The molecule has 0 saturated heterocycles. The predicted molar refractivity (Wildman–Crippen MR) is 77.8 cm³/mol. The summed E-state index contributed by atoms with van der Waals surface area (Å²) in [5.74, 6) is 0.898. The van der Waals surface area contributed by atoms with Gasteiger partial charge in [0.15, 0.2) is 5.82 Å². The van der Waals surface area contributed by atoms with Gasteiger partial charge in [-0.25, -0.2) is 9.67 Å². The minimum absolute atomic E-state index is 0.0809. The van der Waals surface area contributed by atoms with Crippen LogP contribution in [-0.4, -0.2) is 27.2 Å². The second-order valence-corrected chi connectivity index (χ2v) is 4.70. The van der Waals surface area contributed by atoms with Crippen LogP contribution in [0.15, 0.2) is 24.4 Å². The summed E-state index contributed by atoms with van der Waals surface area (Å²) in [5, 5.41) is 7.43. The first-order valence-electron chi connectivity index (χ1n) is 6.86. The molecule has 106 valence electrons. The number of aromatic nitrogens is 3. The van der Waals surface area contributed by atoms with Gasteiger partial charge >= 0.3 is 0 Å². The molecule has 0 aromatic carbocycles. The Bertz CT molecular complexity index is 589. The van der Waals surface area contributed by atoms with E-state index in [0.29, 0.717) is 13.0 Å². The van der Waals surface area contributed by atoms with Gasteiger partial charge in [-0.05, 0) is 38.0 Å². The third-order valence-corrected chi connectivity index (χ3v) is 3.33. The Balaban J connectivity index is 2.15. The molecule has 0 aliphatic carbocycles. The van der Waals surface area contributed by atoms with Crippen molar-refractivity contribution in [1.29, 1.82) is 0 Å². The molecular formula is C15H20N4O. The number of nitrogens with zero attached hydrogens (tertiary/aromatic N) is 3. The molecule has 2 aromatic heterocycles. The molecule has 2 rings (SSSR count). The molecule has 0 spiro atoms. The van der Waals surface area contributed by atoms with Gasteiger partial charge < -0.3 is 5.32 Å². The maximum absolute atomic E-state index is 11.3. The van der Waals surface area contributed by atoms with Gasteiger partial charge in [-0.2, -0.15) is 5.10 Å². The molecule has 1 N–H and O–H groups in total. The van der Waals surface area contributed by atoms with Crippen molar-refractivity contribution in [3.8, 4) is 5.82 Å². The SMILES string of the molecule is CCC(=O)NCCc1c(C)nn(-c2ccccn2)c1C. The van der Waals surface area contributed by atoms with E-state index in [-0.39, 0.29) is 5.91 Å². The van der Waals surface area contributed by atoms with Crippen molar-refractivity contribution in [2.45, 2.75) is 33.6 Å². The third-order valence-electron chi connectivity index (χ3n) is 3.33.